The van der Waals surface area contributed by atoms with Gasteiger partial charge in [0.2, 0.25) is 0 Å². The SMILES string of the molecule is COc1cc([C@@H](C)C[C@H]2CC[C@@H](c3ccc(N4CCOCC4)nc3)C2)ccc1F. The summed E-state index contributed by atoms with van der Waals surface area (Å²) in [5, 5.41) is 0. The molecule has 0 amide bonds. The number of morpholine rings is 1. The molecule has 3 atom stereocenters. The third-order valence-corrected chi connectivity index (χ3v) is 6.55. The molecule has 0 radical (unpaired) electrons. The van der Waals surface area contributed by atoms with Crippen LogP contribution < -0.4 is 9.64 Å². The molecule has 0 N–H and O–H groups in total. The third-order valence-electron chi connectivity index (χ3n) is 6.55. The Morgan fingerprint density at radius 2 is 2.03 bits per heavy atom. The highest BCUT2D eigenvalue weighted by atomic mass is 19.1. The number of methoxy groups -OCH3 is 1. The summed E-state index contributed by atoms with van der Waals surface area (Å²) in [6.45, 7) is 5.64. The normalized spacial score (nSPS) is 23.2. The molecule has 2 aliphatic rings. The molecule has 2 heterocycles. The van der Waals surface area contributed by atoms with Crippen LogP contribution in [0.2, 0.25) is 0 Å². The van der Waals surface area contributed by atoms with Gasteiger partial charge in [-0.05, 0) is 72.8 Å². The topological polar surface area (TPSA) is 34.6 Å². The standard InChI is InChI=1S/C24H31FN2O2/c1-17(19-5-7-22(25)23(15-19)28-2)13-18-3-4-20(14-18)21-6-8-24(26-16-21)27-9-11-29-12-10-27/h5-8,15-18,20H,3-4,9-14H2,1-2H3/t17-,18+,20+/m0/s1. The first-order chi connectivity index (χ1) is 14.1. The highest BCUT2D eigenvalue weighted by Gasteiger charge is 2.28. The van der Waals surface area contributed by atoms with Gasteiger partial charge in [-0.2, -0.15) is 0 Å². The average molecular weight is 399 g/mol. The number of halogens is 1. The summed E-state index contributed by atoms with van der Waals surface area (Å²) in [6, 6.07) is 9.69. The minimum absolute atomic E-state index is 0.294. The molecule has 5 heteroatoms. The zero-order valence-electron chi connectivity index (χ0n) is 17.4. The van der Waals surface area contributed by atoms with Crippen LogP contribution >= 0.6 is 0 Å². The van der Waals surface area contributed by atoms with E-state index in [1.54, 1.807) is 0 Å². The molecule has 2 aromatic rings. The summed E-state index contributed by atoms with van der Waals surface area (Å²) in [5.74, 6) is 2.80. The second-order valence-corrected chi connectivity index (χ2v) is 8.46. The fraction of sp³-hybridized carbons (Fsp3) is 0.542. The van der Waals surface area contributed by atoms with E-state index >= 15 is 0 Å². The predicted molar refractivity (Wildman–Crippen MR) is 113 cm³/mol. The lowest BCUT2D eigenvalue weighted by Gasteiger charge is -2.28. The van der Waals surface area contributed by atoms with Crippen molar-refractivity contribution in [1.29, 1.82) is 0 Å². The molecular formula is C24H31FN2O2. The summed E-state index contributed by atoms with van der Waals surface area (Å²) < 4.78 is 24.3. The van der Waals surface area contributed by atoms with Crippen LogP contribution in [0.5, 0.6) is 5.75 Å². The van der Waals surface area contributed by atoms with Gasteiger partial charge in [0.15, 0.2) is 11.6 Å². The molecule has 156 valence electrons. The van der Waals surface area contributed by atoms with Crippen LogP contribution in [-0.4, -0.2) is 38.4 Å². The van der Waals surface area contributed by atoms with Crippen LogP contribution in [0.3, 0.4) is 0 Å². The smallest absolute Gasteiger partial charge is 0.165 e. The van der Waals surface area contributed by atoms with Crippen molar-refractivity contribution < 1.29 is 13.9 Å². The zero-order valence-corrected chi connectivity index (χ0v) is 17.4. The molecule has 1 saturated heterocycles. The lowest BCUT2D eigenvalue weighted by Crippen LogP contribution is -2.36. The Morgan fingerprint density at radius 3 is 2.76 bits per heavy atom. The van der Waals surface area contributed by atoms with E-state index in [1.165, 1.54) is 38.0 Å². The van der Waals surface area contributed by atoms with Crippen molar-refractivity contribution in [1.82, 2.24) is 4.98 Å². The van der Waals surface area contributed by atoms with E-state index in [9.17, 15) is 4.39 Å². The van der Waals surface area contributed by atoms with Crippen molar-refractivity contribution in [3.05, 3.63) is 53.5 Å². The minimum Gasteiger partial charge on any atom is -0.494 e. The van der Waals surface area contributed by atoms with Gasteiger partial charge in [-0.3, -0.25) is 0 Å². The molecule has 0 unspecified atom stereocenters. The molecule has 2 fully saturated rings. The van der Waals surface area contributed by atoms with Gasteiger partial charge in [0.05, 0.1) is 20.3 Å². The lowest BCUT2D eigenvalue weighted by molar-refractivity contribution is 0.122. The van der Waals surface area contributed by atoms with Crippen LogP contribution in [0, 0.1) is 11.7 Å². The quantitative estimate of drug-likeness (QED) is 0.675. The maximum absolute atomic E-state index is 13.7. The predicted octanol–water partition coefficient (Wildman–Crippen LogP) is 5.14. The van der Waals surface area contributed by atoms with Gasteiger partial charge in [-0.1, -0.05) is 19.1 Å². The number of aromatic nitrogens is 1. The number of ether oxygens (including phenoxy) is 2. The van der Waals surface area contributed by atoms with Crippen molar-refractivity contribution in [2.45, 2.75) is 44.4 Å². The second kappa shape index (κ2) is 9.12. The number of benzene rings is 1. The molecule has 1 aromatic carbocycles. The minimum atomic E-state index is -0.294. The number of hydrogen-bond acceptors (Lipinski definition) is 4. The number of rotatable bonds is 6. The molecule has 1 aromatic heterocycles. The first kappa shape index (κ1) is 20.1. The monoisotopic (exact) mass is 398 g/mol. The molecule has 1 aliphatic carbocycles. The van der Waals surface area contributed by atoms with E-state index in [0.717, 1.165) is 44.1 Å². The highest BCUT2D eigenvalue weighted by Crippen LogP contribution is 2.42. The summed E-state index contributed by atoms with van der Waals surface area (Å²) in [4.78, 5) is 7.02. The summed E-state index contributed by atoms with van der Waals surface area (Å²) in [7, 11) is 1.52. The lowest BCUT2D eigenvalue weighted by atomic mass is 9.88. The van der Waals surface area contributed by atoms with Crippen LogP contribution in [-0.2, 0) is 4.74 Å². The molecular weight excluding hydrogens is 367 g/mol. The van der Waals surface area contributed by atoms with Crippen molar-refractivity contribution in [2.24, 2.45) is 5.92 Å². The Kier molecular flexibility index (Phi) is 6.34. The Balaban J connectivity index is 1.34. The van der Waals surface area contributed by atoms with Crippen LogP contribution in [0.1, 0.15) is 55.6 Å². The van der Waals surface area contributed by atoms with Gasteiger partial charge in [0.25, 0.3) is 0 Å². The maximum Gasteiger partial charge on any atom is 0.165 e. The molecule has 4 nitrogen and oxygen atoms in total. The maximum atomic E-state index is 13.7. The van der Waals surface area contributed by atoms with Gasteiger partial charge in [0, 0.05) is 19.3 Å². The Hall–Kier alpha value is -2.14. The molecule has 0 bridgehead atoms. The summed E-state index contributed by atoms with van der Waals surface area (Å²) in [5.41, 5.74) is 2.52. The first-order valence-electron chi connectivity index (χ1n) is 10.8. The van der Waals surface area contributed by atoms with Crippen molar-refractivity contribution >= 4 is 5.82 Å². The van der Waals surface area contributed by atoms with Gasteiger partial charge in [-0.25, -0.2) is 9.37 Å². The van der Waals surface area contributed by atoms with Crippen molar-refractivity contribution in [2.75, 3.05) is 38.3 Å². The van der Waals surface area contributed by atoms with Gasteiger partial charge >= 0.3 is 0 Å². The van der Waals surface area contributed by atoms with E-state index in [1.807, 2.05) is 12.1 Å². The fourth-order valence-corrected chi connectivity index (χ4v) is 4.83. The van der Waals surface area contributed by atoms with Crippen molar-refractivity contribution in [3.8, 4) is 5.75 Å². The molecule has 1 aliphatic heterocycles. The van der Waals surface area contributed by atoms with Crippen LogP contribution in [0.15, 0.2) is 36.5 Å². The van der Waals surface area contributed by atoms with Crippen LogP contribution in [0.4, 0.5) is 10.2 Å². The second-order valence-electron chi connectivity index (χ2n) is 8.46. The Morgan fingerprint density at radius 1 is 1.21 bits per heavy atom. The largest absolute Gasteiger partial charge is 0.494 e. The summed E-state index contributed by atoms with van der Waals surface area (Å²) >= 11 is 0. The first-order valence-corrected chi connectivity index (χ1v) is 10.8. The van der Waals surface area contributed by atoms with Crippen molar-refractivity contribution in [3.63, 3.8) is 0 Å². The number of nitrogens with zero attached hydrogens (tertiary/aromatic N) is 2. The average Bonchev–Trinajstić information content (AvgIpc) is 3.23. The fourth-order valence-electron chi connectivity index (χ4n) is 4.83. The van der Waals surface area contributed by atoms with E-state index in [0.29, 0.717) is 23.5 Å². The Bertz CT molecular complexity index is 805. The number of anilines is 1. The van der Waals surface area contributed by atoms with E-state index in [4.69, 9.17) is 14.5 Å². The molecule has 0 spiro atoms. The van der Waals surface area contributed by atoms with E-state index in [-0.39, 0.29) is 5.82 Å². The van der Waals surface area contributed by atoms with E-state index in [2.05, 4.69) is 30.2 Å². The number of pyridine rings is 1. The third kappa shape index (κ3) is 4.72. The van der Waals surface area contributed by atoms with Gasteiger partial charge in [-0.15, -0.1) is 0 Å². The number of hydrogen-bond donors (Lipinski definition) is 0. The summed E-state index contributed by atoms with van der Waals surface area (Å²) in [6.07, 6.45) is 6.89. The van der Waals surface area contributed by atoms with Crippen LogP contribution in [0.25, 0.3) is 0 Å². The Labute approximate surface area is 173 Å². The van der Waals surface area contributed by atoms with Gasteiger partial charge < -0.3 is 14.4 Å². The molecule has 4 rings (SSSR count). The van der Waals surface area contributed by atoms with E-state index < -0.39 is 0 Å². The molecule has 29 heavy (non-hydrogen) atoms. The highest BCUT2D eigenvalue weighted by molar-refractivity contribution is 5.40. The molecule has 1 saturated carbocycles. The zero-order chi connectivity index (χ0) is 20.2. The van der Waals surface area contributed by atoms with Gasteiger partial charge in [0.1, 0.15) is 5.82 Å².